The van der Waals surface area contributed by atoms with Crippen molar-refractivity contribution in [3.63, 3.8) is 0 Å². The fourth-order valence-corrected chi connectivity index (χ4v) is 4.40. The quantitative estimate of drug-likeness (QED) is 0.668. The molecule has 1 aliphatic heterocycles. The van der Waals surface area contributed by atoms with Crippen molar-refractivity contribution < 1.29 is 4.79 Å². The van der Waals surface area contributed by atoms with Crippen molar-refractivity contribution in [2.24, 2.45) is 13.0 Å². The summed E-state index contributed by atoms with van der Waals surface area (Å²) in [5.41, 5.74) is 2.55. The maximum atomic E-state index is 13.2. The van der Waals surface area contributed by atoms with Gasteiger partial charge >= 0.3 is 0 Å². The number of imidazole rings is 1. The van der Waals surface area contributed by atoms with Crippen LogP contribution < -0.4 is 0 Å². The molecule has 3 aromatic rings. The summed E-state index contributed by atoms with van der Waals surface area (Å²) in [5, 5.41) is 4.52. The first-order valence-corrected chi connectivity index (χ1v) is 10.6. The van der Waals surface area contributed by atoms with Crippen LogP contribution in [-0.4, -0.2) is 43.2 Å². The maximum Gasteiger partial charge on any atom is 0.274 e. The number of amides is 1. The van der Waals surface area contributed by atoms with Crippen LogP contribution in [0.25, 0.3) is 11.3 Å². The summed E-state index contributed by atoms with van der Waals surface area (Å²) in [7, 11) is 1.90. The molecular formula is C23H27N5O. The third kappa shape index (κ3) is 3.71. The highest BCUT2D eigenvalue weighted by molar-refractivity contribution is 5.93. The number of likely N-dealkylation sites (tertiary alicyclic amines) is 1. The Bertz CT molecular complexity index is 1000. The molecule has 0 spiro atoms. The van der Waals surface area contributed by atoms with Crippen molar-refractivity contribution in [2.75, 3.05) is 13.1 Å². The Balaban J connectivity index is 1.33. The van der Waals surface area contributed by atoms with E-state index in [1.165, 1.54) is 12.8 Å². The van der Waals surface area contributed by atoms with Crippen LogP contribution in [0.3, 0.4) is 0 Å². The van der Waals surface area contributed by atoms with E-state index < -0.39 is 0 Å². The third-order valence-electron chi connectivity index (χ3n) is 6.14. The number of carbonyl (C=O) groups is 1. The van der Waals surface area contributed by atoms with Crippen molar-refractivity contribution in [3.05, 3.63) is 60.3 Å². The summed E-state index contributed by atoms with van der Waals surface area (Å²) >= 11 is 0. The molecule has 1 aliphatic carbocycles. The number of aryl methyl sites for hydroxylation is 1. The van der Waals surface area contributed by atoms with Crippen LogP contribution in [0.4, 0.5) is 0 Å². The van der Waals surface area contributed by atoms with Crippen LogP contribution in [-0.2, 0) is 13.6 Å². The minimum atomic E-state index is 0.0211. The number of nitrogens with zero attached hydrogens (tertiary/aromatic N) is 5. The number of carbonyl (C=O) groups excluding carboxylic acids is 1. The number of hydrogen-bond donors (Lipinski definition) is 0. The molecule has 0 N–H and O–H groups in total. The molecule has 2 fully saturated rings. The first kappa shape index (κ1) is 18.2. The molecule has 3 heterocycles. The summed E-state index contributed by atoms with van der Waals surface area (Å²) in [6.07, 6.45) is 8.75. The molecule has 0 radical (unpaired) electrons. The fourth-order valence-electron chi connectivity index (χ4n) is 4.40. The molecule has 1 saturated heterocycles. The van der Waals surface area contributed by atoms with E-state index in [1.54, 1.807) is 4.68 Å². The van der Waals surface area contributed by atoms with E-state index in [1.807, 2.05) is 54.5 Å². The van der Waals surface area contributed by atoms with Crippen LogP contribution in [0.1, 0.15) is 47.9 Å². The highest BCUT2D eigenvalue weighted by Crippen LogP contribution is 2.33. The van der Waals surface area contributed by atoms with Gasteiger partial charge in [0.1, 0.15) is 5.82 Å². The van der Waals surface area contributed by atoms with Crippen LogP contribution in [0.15, 0.2) is 48.8 Å². The van der Waals surface area contributed by atoms with Crippen molar-refractivity contribution >= 4 is 5.91 Å². The van der Waals surface area contributed by atoms with E-state index in [4.69, 9.17) is 0 Å². The number of rotatable bonds is 5. The first-order valence-electron chi connectivity index (χ1n) is 10.6. The predicted octanol–water partition coefficient (Wildman–Crippen LogP) is 3.71. The molecule has 0 bridgehead atoms. The standard InChI is InChI=1S/C23H27N5O/c1-26-21(18-6-3-2-4-7-18)14-20(25-26)23(29)28-12-5-8-19(16-28)22-24-11-13-27(22)15-17-9-10-17/h2-4,6-7,11,13-14,17,19H,5,8-10,12,15-16H2,1H3/t19-/m0/s1. The zero-order valence-electron chi connectivity index (χ0n) is 16.9. The second-order valence-electron chi connectivity index (χ2n) is 8.38. The SMILES string of the molecule is Cn1nc(C(=O)N2CCC[C@H](c3nccn3CC3CC3)C2)cc1-c1ccccc1. The van der Waals surface area contributed by atoms with E-state index in [-0.39, 0.29) is 5.91 Å². The second kappa shape index (κ2) is 7.50. The largest absolute Gasteiger partial charge is 0.337 e. The second-order valence-corrected chi connectivity index (χ2v) is 8.38. The topological polar surface area (TPSA) is 56.0 Å². The van der Waals surface area contributed by atoms with Gasteiger partial charge in [-0.3, -0.25) is 9.48 Å². The molecule has 150 valence electrons. The summed E-state index contributed by atoms with van der Waals surface area (Å²) in [6, 6.07) is 12.0. The molecule has 6 nitrogen and oxygen atoms in total. The van der Waals surface area contributed by atoms with Gasteiger partial charge in [-0.25, -0.2) is 4.98 Å². The molecule has 1 atom stereocenters. The van der Waals surface area contributed by atoms with Gasteiger partial charge in [0.05, 0.1) is 5.69 Å². The molecule has 29 heavy (non-hydrogen) atoms. The zero-order chi connectivity index (χ0) is 19.8. The lowest BCUT2D eigenvalue weighted by Gasteiger charge is -2.32. The Morgan fingerprint density at radius 2 is 2.00 bits per heavy atom. The molecular weight excluding hydrogens is 362 g/mol. The first-order chi connectivity index (χ1) is 14.2. The Morgan fingerprint density at radius 1 is 1.17 bits per heavy atom. The lowest BCUT2D eigenvalue weighted by atomic mass is 9.96. The summed E-state index contributed by atoms with van der Waals surface area (Å²) in [4.78, 5) is 19.8. The van der Waals surface area contributed by atoms with E-state index in [9.17, 15) is 4.79 Å². The van der Waals surface area contributed by atoms with Gasteiger partial charge in [-0.05, 0) is 43.2 Å². The zero-order valence-corrected chi connectivity index (χ0v) is 16.9. The molecule has 6 heteroatoms. The normalized spacial score (nSPS) is 19.5. The lowest BCUT2D eigenvalue weighted by Crippen LogP contribution is -2.40. The average Bonchev–Trinajstić information content (AvgIpc) is 3.30. The molecule has 2 aromatic heterocycles. The highest BCUT2D eigenvalue weighted by Gasteiger charge is 2.30. The van der Waals surface area contributed by atoms with Crippen LogP contribution >= 0.6 is 0 Å². The molecule has 5 rings (SSSR count). The van der Waals surface area contributed by atoms with Crippen molar-refractivity contribution in [1.29, 1.82) is 0 Å². The Hall–Kier alpha value is -2.89. The van der Waals surface area contributed by atoms with E-state index >= 15 is 0 Å². The Kier molecular flexibility index (Phi) is 4.70. The molecule has 0 unspecified atom stereocenters. The third-order valence-corrected chi connectivity index (χ3v) is 6.14. The number of aromatic nitrogens is 4. The average molecular weight is 390 g/mol. The van der Waals surface area contributed by atoms with Crippen LogP contribution in [0.2, 0.25) is 0 Å². The Morgan fingerprint density at radius 3 is 2.79 bits per heavy atom. The van der Waals surface area contributed by atoms with Gasteiger partial charge in [-0.2, -0.15) is 5.10 Å². The van der Waals surface area contributed by atoms with Gasteiger partial charge in [0.25, 0.3) is 5.91 Å². The van der Waals surface area contributed by atoms with Gasteiger partial charge < -0.3 is 9.47 Å². The molecule has 1 amide bonds. The van der Waals surface area contributed by atoms with Gasteiger partial charge in [0, 0.05) is 45.0 Å². The lowest BCUT2D eigenvalue weighted by molar-refractivity contribution is 0.0696. The van der Waals surface area contributed by atoms with Gasteiger partial charge in [0.2, 0.25) is 0 Å². The number of benzene rings is 1. The van der Waals surface area contributed by atoms with Crippen molar-refractivity contribution in [1.82, 2.24) is 24.2 Å². The smallest absolute Gasteiger partial charge is 0.274 e. The monoisotopic (exact) mass is 389 g/mol. The van der Waals surface area contributed by atoms with Crippen molar-refractivity contribution in [2.45, 2.75) is 38.1 Å². The number of piperidine rings is 1. The number of hydrogen-bond acceptors (Lipinski definition) is 3. The van der Waals surface area contributed by atoms with Gasteiger partial charge in [-0.1, -0.05) is 30.3 Å². The summed E-state index contributed by atoms with van der Waals surface area (Å²) in [6.45, 7) is 2.58. The van der Waals surface area contributed by atoms with Crippen LogP contribution in [0, 0.1) is 5.92 Å². The van der Waals surface area contributed by atoms with E-state index in [0.717, 1.165) is 55.5 Å². The summed E-state index contributed by atoms with van der Waals surface area (Å²) in [5.74, 6) is 2.28. The van der Waals surface area contributed by atoms with Crippen molar-refractivity contribution in [3.8, 4) is 11.3 Å². The predicted molar refractivity (Wildman–Crippen MR) is 111 cm³/mol. The van der Waals surface area contributed by atoms with E-state index in [2.05, 4.69) is 20.8 Å². The molecule has 2 aliphatic rings. The van der Waals surface area contributed by atoms with Gasteiger partial charge in [-0.15, -0.1) is 0 Å². The molecule has 1 saturated carbocycles. The van der Waals surface area contributed by atoms with Crippen LogP contribution in [0.5, 0.6) is 0 Å². The Labute approximate surface area is 171 Å². The maximum absolute atomic E-state index is 13.2. The summed E-state index contributed by atoms with van der Waals surface area (Å²) < 4.78 is 4.11. The minimum absolute atomic E-state index is 0.0211. The highest BCUT2D eigenvalue weighted by atomic mass is 16.2. The molecule has 1 aromatic carbocycles. The minimum Gasteiger partial charge on any atom is -0.337 e. The van der Waals surface area contributed by atoms with E-state index in [0.29, 0.717) is 11.6 Å². The van der Waals surface area contributed by atoms with Gasteiger partial charge in [0.15, 0.2) is 5.69 Å². The fraction of sp³-hybridized carbons (Fsp3) is 0.435.